The molecule has 0 aromatic heterocycles. The molecule has 2 aromatic carbocycles. The summed E-state index contributed by atoms with van der Waals surface area (Å²) in [6, 6.07) is 8.79. The molecule has 0 atom stereocenters. The lowest BCUT2D eigenvalue weighted by atomic mass is 9.98. The van der Waals surface area contributed by atoms with Gasteiger partial charge in [-0.1, -0.05) is 6.07 Å². The van der Waals surface area contributed by atoms with Crippen molar-refractivity contribution in [1.82, 2.24) is 5.32 Å². The minimum absolute atomic E-state index is 0.105. The Kier molecular flexibility index (Phi) is 4.42. The van der Waals surface area contributed by atoms with Gasteiger partial charge in [-0.2, -0.15) is 0 Å². The molecule has 110 valence electrons. The van der Waals surface area contributed by atoms with Crippen LogP contribution >= 0.6 is 0 Å². The number of carbonyl (C=O) groups excluding carboxylic acids is 1. The van der Waals surface area contributed by atoms with Crippen LogP contribution in [0.1, 0.15) is 22.8 Å². The lowest BCUT2D eigenvalue weighted by Gasteiger charge is -2.10. The van der Waals surface area contributed by atoms with Crippen molar-refractivity contribution in [3.8, 4) is 5.75 Å². The molecule has 0 spiro atoms. The lowest BCUT2D eigenvalue weighted by molar-refractivity contribution is -0.118. The van der Waals surface area contributed by atoms with Gasteiger partial charge in [0, 0.05) is 13.5 Å². The summed E-state index contributed by atoms with van der Waals surface area (Å²) in [6.07, 6.45) is 0.560. The SMILES string of the molecule is COc1ccc2cc(C(=O)O)cc(CCNC(C)=O)c2c1. The second kappa shape index (κ2) is 6.26. The van der Waals surface area contributed by atoms with Gasteiger partial charge in [-0.3, -0.25) is 4.79 Å². The summed E-state index contributed by atoms with van der Waals surface area (Å²) in [7, 11) is 1.59. The molecule has 0 aliphatic heterocycles. The molecule has 0 bridgehead atoms. The molecule has 2 N–H and O–H groups in total. The van der Waals surface area contributed by atoms with Crippen LogP contribution in [0.2, 0.25) is 0 Å². The van der Waals surface area contributed by atoms with Gasteiger partial charge in [0.25, 0.3) is 0 Å². The van der Waals surface area contributed by atoms with E-state index in [1.165, 1.54) is 6.92 Å². The van der Waals surface area contributed by atoms with E-state index in [0.29, 0.717) is 18.7 Å². The number of carboxylic acid groups (broad SMARTS) is 1. The molecule has 2 aromatic rings. The molecule has 0 fully saturated rings. The van der Waals surface area contributed by atoms with Crippen molar-refractivity contribution in [3.05, 3.63) is 41.5 Å². The lowest BCUT2D eigenvalue weighted by Crippen LogP contribution is -2.22. The first-order chi connectivity index (χ1) is 10.0. The maximum absolute atomic E-state index is 11.2. The zero-order valence-electron chi connectivity index (χ0n) is 12.0. The van der Waals surface area contributed by atoms with Crippen molar-refractivity contribution in [2.24, 2.45) is 0 Å². The van der Waals surface area contributed by atoms with Crippen LogP contribution < -0.4 is 10.1 Å². The number of nitrogens with one attached hydrogen (secondary N) is 1. The minimum Gasteiger partial charge on any atom is -0.497 e. The van der Waals surface area contributed by atoms with Crippen molar-refractivity contribution in [2.75, 3.05) is 13.7 Å². The fraction of sp³-hybridized carbons (Fsp3) is 0.250. The van der Waals surface area contributed by atoms with E-state index in [2.05, 4.69) is 5.32 Å². The molecular weight excluding hydrogens is 270 g/mol. The molecule has 2 rings (SSSR count). The maximum Gasteiger partial charge on any atom is 0.335 e. The van der Waals surface area contributed by atoms with E-state index in [1.807, 2.05) is 12.1 Å². The van der Waals surface area contributed by atoms with Crippen molar-refractivity contribution < 1.29 is 19.4 Å². The van der Waals surface area contributed by atoms with Crippen molar-refractivity contribution in [3.63, 3.8) is 0 Å². The Labute approximate surface area is 122 Å². The first-order valence-electron chi connectivity index (χ1n) is 6.59. The molecule has 0 aliphatic carbocycles. The molecule has 1 amide bonds. The highest BCUT2D eigenvalue weighted by Crippen LogP contribution is 2.26. The quantitative estimate of drug-likeness (QED) is 0.884. The van der Waals surface area contributed by atoms with Gasteiger partial charge in [0.2, 0.25) is 5.91 Å². The molecule has 0 radical (unpaired) electrons. The average molecular weight is 287 g/mol. The second-order valence-electron chi connectivity index (χ2n) is 4.76. The molecule has 5 nitrogen and oxygen atoms in total. The predicted molar refractivity (Wildman–Crippen MR) is 79.8 cm³/mol. The van der Waals surface area contributed by atoms with E-state index >= 15 is 0 Å². The van der Waals surface area contributed by atoms with Gasteiger partial charge >= 0.3 is 5.97 Å². The summed E-state index contributed by atoms with van der Waals surface area (Å²) in [5, 5.41) is 13.7. The zero-order valence-corrected chi connectivity index (χ0v) is 12.0. The summed E-state index contributed by atoms with van der Waals surface area (Å²) in [6.45, 7) is 1.92. The van der Waals surface area contributed by atoms with Crippen LogP contribution in [0.25, 0.3) is 10.8 Å². The van der Waals surface area contributed by atoms with Gasteiger partial charge in [-0.05, 0) is 47.0 Å². The maximum atomic E-state index is 11.2. The molecule has 0 unspecified atom stereocenters. The standard InChI is InChI=1S/C16H17NO4/c1-10(18)17-6-5-12-8-13(16(19)20)7-11-3-4-14(21-2)9-15(11)12/h3-4,7-9H,5-6H2,1-2H3,(H,17,18)(H,19,20). The molecular formula is C16H17NO4. The average Bonchev–Trinajstić information content (AvgIpc) is 2.46. The third-order valence-corrected chi connectivity index (χ3v) is 3.26. The van der Waals surface area contributed by atoms with Crippen LogP contribution in [0, 0.1) is 0 Å². The molecule has 21 heavy (non-hydrogen) atoms. The Hall–Kier alpha value is -2.56. The van der Waals surface area contributed by atoms with Crippen LogP contribution in [-0.4, -0.2) is 30.6 Å². The first-order valence-corrected chi connectivity index (χ1v) is 6.59. The number of carbonyl (C=O) groups is 2. The van der Waals surface area contributed by atoms with E-state index in [4.69, 9.17) is 4.74 Å². The number of amides is 1. The highest BCUT2D eigenvalue weighted by Gasteiger charge is 2.10. The van der Waals surface area contributed by atoms with Gasteiger partial charge in [-0.25, -0.2) is 4.79 Å². The van der Waals surface area contributed by atoms with Gasteiger partial charge < -0.3 is 15.2 Å². The number of rotatable bonds is 5. The summed E-state index contributed by atoms with van der Waals surface area (Å²) in [4.78, 5) is 22.2. The normalized spacial score (nSPS) is 10.4. The Morgan fingerprint density at radius 2 is 2.00 bits per heavy atom. The Balaban J connectivity index is 2.46. The van der Waals surface area contributed by atoms with E-state index in [1.54, 1.807) is 25.3 Å². The molecule has 0 heterocycles. The van der Waals surface area contributed by atoms with Gasteiger partial charge in [-0.15, -0.1) is 0 Å². The first kappa shape index (κ1) is 14.8. The summed E-state index contributed by atoms with van der Waals surface area (Å²) >= 11 is 0. The monoisotopic (exact) mass is 287 g/mol. The topological polar surface area (TPSA) is 75.6 Å². The summed E-state index contributed by atoms with van der Waals surface area (Å²) in [5.41, 5.74) is 1.11. The number of fused-ring (bicyclic) bond motifs is 1. The van der Waals surface area contributed by atoms with Crippen LogP contribution in [0.5, 0.6) is 5.75 Å². The van der Waals surface area contributed by atoms with E-state index in [-0.39, 0.29) is 11.5 Å². The molecule has 0 saturated heterocycles. The third kappa shape index (κ3) is 3.51. The van der Waals surface area contributed by atoms with Crippen molar-refractivity contribution in [1.29, 1.82) is 0 Å². The van der Waals surface area contributed by atoms with Crippen LogP contribution in [-0.2, 0) is 11.2 Å². The predicted octanol–water partition coefficient (Wildman–Crippen LogP) is 2.23. The Morgan fingerprint density at radius 3 is 2.62 bits per heavy atom. The Bertz CT molecular complexity index is 694. The van der Waals surface area contributed by atoms with Crippen molar-refractivity contribution in [2.45, 2.75) is 13.3 Å². The van der Waals surface area contributed by atoms with Crippen LogP contribution in [0.15, 0.2) is 30.3 Å². The number of ether oxygens (including phenoxy) is 1. The number of aromatic carboxylic acids is 1. The minimum atomic E-state index is -0.964. The fourth-order valence-electron chi connectivity index (χ4n) is 2.24. The number of carboxylic acids is 1. The second-order valence-corrected chi connectivity index (χ2v) is 4.76. The number of benzene rings is 2. The van der Waals surface area contributed by atoms with E-state index in [9.17, 15) is 14.7 Å². The molecule has 0 saturated carbocycles. The highest BCUT2D eigenvalue weighted by molar-refractivity contribution is 5.96. The summed E-state index contributed by atoms with van der Waals surface area (Å²) < 4.78 is 5.21. The molecule has 5 heteroatoms. The smallest absolute Gasteiger partial charge is 0.335 e. The van der Waals surface area contributed by atoms with E-state index in [0.717, 1.165) is 16.3 Å². The Morgan fingerprint density at radius 1 is 1.24 bits per heavy atom. The van der Waals surface area contributed by atoms with Gasteiger partial charge in [0.1, 0.15) is 5.75 Å². The van der Waals surface area contributed by atoms with Crippen LogP contribution in [0.3, 0.4) is 0 Å². The fourth-order valence-corrected chi connectivity index (χ4v) is 2.24. The van der Waals surface area contributed by atoms with Gasteiger partial charge in [0.15, 0.2) is 0 Å². The summed E-state index contributed by atoms with van der Waals surface area (Å²) in [5.74, 6) is -0.355. The van der Waals surface area contributed by atoms with Crippen LogP contribution in [0.4, 0.5) is 0 Å². The van der Waals surface area contributed by atoms with Gasteiger partial charge in [0.05, 0.1) is 12.7 Å². The largest absolute Gasteiger partial charge is 0.497 e. The highest BCUT2D eigenvalue weighted by atomic mass is 16.5. The number of hydrogen-bond acceptors (Lipinski definition) is 3. The molecule has 0 aliphatic rings. The number of hydrogen-bond donors (Lipinski definition) is 2. The number of methoxy groups -OCH3 is 1. The zero-order chi connectivity index (χ0) is 15.4. The van der Waals surface area contributed by atoms with E-state index < -0.39 is 5.97 Å². The third-order valence-electron chi connectivity index (χ3n) is 3.26. The van der Waals surface area contributed by atoms with Crippen molar-refractivity contribution >= 4 is 22.6 Å².